The van der Waals surface area contributed by atoms with Gasteiger partial charge in [0.2, 0.25) is 0 Å². The maximum atomic E-state index is 10.3. The lowest BCUT2D eigenvalue weighted by atomic mass is 10.1. The van der Waals surface area contributed by atoms with Gasteiger partial charge in [-0.15, -0.1) is 0 Å². The molecule has 0 aliphatic rings. The zero-order valence-electron chi connectivity index (χ0n) is 18.8. The first kappa shape index (κ1) is 24.6. The molecule has 3 aromatic rings. The van der Waals surface area contributed by atoms with Crippen molar-refractivity contribution in [3.05, 3.63) is 89.0 Å². The molecule has 3 rings (SSSR count). The maximum absolute atomic E-state index is 10.3. The minimum atomic E-state index is -0.709. The highest BCUT2D eigenvalue weighted by Crippen LogP contribution is 2.22. The number of aryl methyl sites for hydroxylation is 1. The Kier molecular flexibility index (Phi) is 9.57. The van der Waals surface area contributed by atoms with Gasteiger partial charge in [0, 0.05) is 12.1 Å². The number of phenols is 2. The van der Waals surface area contributed by atoms with Gasteiger partial charge in [0.25, 0.3) is 0 Å². The number of benzene rings is 3. The molecule has 3 aromatic carbocycles. The molecule has 0 aromatic heterocycles. The molecule has 1 atom stereocenters. The van der Waals surface area contributed by atoms with Gasteiger partial charge in [0.15, 0.2) is 0 Å². The van der Waals surface area contributed by atoms with Gasteiger partial charge in [-0.1, -0.05) is 30.3 Å². The number of hydrogen-bond donors (Lipinski definition) is 5. The molecule has 0 amide bonds. The van der Waals surface area contributed by atoms with Crippen LogP contribution in [0.4, 0.5) is 0 Å². The maximum Gasteiger partial charge on any atom is 0.121 e. The molecule has 6 nitrogen and oxygen atoms in total. The highest BCUT2D eigenvalue weighted by molar-refractivity contribution is 5.36. The Balaban J connectivity index is 1.31. The van der Waals surface area contributed by atoms with Crippen molar-refractivity contribution in [1.29, 1.82) is 0 Å². The molecule has 5 N–H and O–H groups in total. The molecular formula is C27H33NO5. The summed E-state index contributed by atoms with van der Waals surface area (Å²) in [6, 6.07) is 20.2. The molecule has 0 aliphatic heterocycles. The summed E-state index contributed by atoms with van der Waals surface area (Å²) in [5.74, 6) is 1.19. The van der Waals surface area contributed by atoms with E-state index in [0.29, 0.717) is 30.0 Å². The second-order valence-electron chi connectivity index (χ2n) is 8.14. The van der Waals surface area contributed by atoms with E-state index in [-0.39, 0.29) is 12.4 Å². The van der Waals surface area contributed by atoms with Gasteiger partial charge in [-0.25, -0.2) is 0 Å². The SMILES string of the molecule is OCc1cc(C(O)CNCCc2ccc(OCCCCc3cccc(O)c3)cc2)ccc1O. The summed E-state index contributed by atoms with van der Waals surface area (Å²) in [6.45, 7) is 1.50. The third-order valence-corrected chi connectivity index (χ3v) is 5.55. The third-order valence-electron chi connectivity index (χ3n) is 5.55. The Morgan fingerprint density at radius 2 is 1.67 bits per heavy atom. The Morgan fingerprint density at radius 3 is 2.42 bits per heavy atom. The van der Waals surface area contributed by atoms with E-state index >= 15 is 0 Å². The van der Waals surface area contributed by atoms with Crippen LogP contribution in [0, 0.1) is 0 Å². The summed E-state index contributed by atoms with van der Waals surface area (Å²) in [7, 11) is 0. The number of rotatable bonds is 13. The van der Waals surface area contributed by atoms with Crippen LogP contribution in [0.2, 0.25) is 0 Å². The van der Waals surface area contributed by atoms with Crippen molar-refractivity contribution in [2.75, 3.05) is 19.7 Å². The minimum Gasteiger partial charge on any atom is -0.508 e. The molecule has 176 valence electrons. The van der Waals surface area contributed by atoms with Gasteiger partial charge in [-0.05, 0) is 85.3 Å². The number of ether oxygens (including phenoxy) is 1. The van der Waals surface area contributed by atoms with Gasteiger partial charge in [0.1, 0.15) is 17.2 Å². The Labute approximate surface area is 195 Å². The standard InChI is InChI=1S/C27H33NO5/c29-19-23-17-22(9-12-26(23)31)27(32)18-28-14-13-20-7-10-25(11-8-20)33-15-2-1-4-21-5-3-6-24(30)16-21/h3,5-12,16-17,27-32H,1-2,4,13-15,18-19H2. The lowest BCUT2D eigenvalue weighted by molar-refractivity contribution is 0.174. The van der Waals surface area contributed by atoms with E-state index in [1.807, 2.05) is 36.4 Å². The van der Waals surface area contributed by atoms with Crippen LogP contribution in [-0.2, 0) is 19.4 Å². The van der Waals surface area contributed by atoms with Gasteiger partial charge in [0.05, 0.1) is 19.3 Å². The Morgan fingerprint density at radius 1 is 0.848 bits per heavy atom. The fourth-order valence-electron chi connectivity index (χ4n) is 3.61. The number of aliphatic hydroxyl groups is 2. The number of unbranched alkanes of at least 4 members (excludes halogenated alkanes) is 1. The second-order valence-corrected chi connectivity index (χ2v) is 8.14. The summed E-state index contributed by atoms with van der Waals surface area (Å²) in [5.41, 5.74) is 3.39. The van der Waals surface area contributed by atoms with Crippen LogP contribution >= 0.6 is 0 Å². The van der Waals surface area contributed by atoms with Crippen LogP contribution in [-0.4, -0.2) is 40.1 Å². The average molecular weight is 452 g/mol. The molecule has 0 aliphatic carbocycles. The van der Waals surface area contributed by atoms with Crippen LogP contribution in [0.25, 0.3) is 0 Å². The summed E-state index contributed by atoms with van der Waals surface area (Å²) in [6.07, 6.45) is 3.00. The van der Waals surface area contributed by atoms with E-state index in [4.69, 9.17) is 4.74 Å². The van der Waals surface area contributed by atoms with E-state index in [1.54, 1.807) is 24.3 Å². The Bertz CT molecular complexity index is 990. The highest BCUT2D eigenvalue weighted by atomic mass is 16.5. The second kappa shape index (κ2) is 12.8. The summed E-state index contributed by atoms with van der Waals surface area (Å²) < 4.78 is 5.82. The molecule has 0 bridgehead atoms. The zero-order chi connectivity index (χ0) is 23.5. The largest absolute Gasteiger partial charge is 0.508 e. The first-order valence-electron chi connectivity index (χ1n) is 11.4. The van der Waals surface area contributed by atoms with Crippen LogP contribution in [0.1, 0.15) is 41.2 Å². The molecule has 0 saturated carbocycles. The third kappa shape index (κ3) is 8.09. The minimum absolute atomic E-state index is 0.0298. The first-order valence-corrected chi connectivity index (χ1v) is 11.4. The molecule has 0 radical (unpaired) electrons. The quantitative estimate of drug-likeness (QED) is 0.253. The molecular weight excluding hydrogens is 418 g/mol. The molecule has 0 heterocycles. The number of phenolic OH excluding ortho intramolecular Hbond substituents is 1. The van der Waals surface area contributed by atoms with Gasteiger partial charge in [-0.2, -0.15) is 0 Å². The number of nitrogens with one attached hydrogen (secondary N) is 1. The van der Waals surface area contributed by atoms with Crippen LogP contribution in [0.5, 0.6) is 17.2 Å². The van der Waals surface area contributed by atoms with Gasteiger partial charge in [-0.3, -0.25) is 0 Å². The average Bonchev–Trinajstić information content (AvgIpc) is 2.82. The van der Waals surface area contributed by atoms with Crippen molar-refractivity contribution >= 4 is 0 Å². The fourth-order valence-corrected chi connectivity index (χ4v) is 3.61. The van der Waals surface area contributed by atoms with Crippen molar-refractivity contribution < 1.29 is 25.2 Å². The Hall–Kier alpha value is -3.06. The van der Waals surface area contributed by atoms with Crippen molar-refractivity contribution in [2.24, 2.45) is 0 Å². The van der Waals surface area contributed by atoms with Gasteiger partial charge >= 0.3 is 0 Å². The predicted octanol–water partition coefficient (Wildman–Crippen LogP) is 3.86. The van der Waals surface area contributed by atoms with E-state index in [0.717, 1.165) is 43.5 Å². The van der Waals surface area contributed by atoms with Gasteiger partial charge < -0.3 is 30.5 Å². The lowest BCUT2D eigenvalue weighted by Gasteiger charge is -2.14. The normalized spacial score (nSPS) is 11.9. The van der Waals surface area contributed by atoms with Crippen LogP contribution in [0.3, 0.4) is 0 Å². The number of aliphatic hydroxyl groups excluding tert-OH is 2. The molecule has 0 fully saturated rings. The predicted molar refractivity (Wildman–Crippen MR) is 129 cm³/mol. The van der Waals surface area contributed by atoms with E-state index < -0.39 is 6.10 Å². The van der Waals surface area contributed by atoms with Crippen LogP contribution < -0.4 is 10.1 Å². The fraction of sp³-hybridized carbons (Fsp3) is 0.333. The summed E-state index contributed by atoms with van der Waals surface area (Å²) in [4.78, 5) is 0. The molecule has 0 saturated heterocycles. The van der Waals surface area contributed by atoms with Crippen molar-refractivity contribution in [2.45, 2.75) is 38.4 Å². The smallest absolute Gasteiger partial charge is 0.121 e. The summed E-state index contributed by atoms with van der Waals surface area (Å²) >= 11 is 0. The van der Waals surface area contributed by atoms with Crippen molar-refractivity contribution in [1.82, 2.24) is 5.32 Å². The molecule has 6 heteroatoms. The van der Waals surface area contributed by atoms with Crippen molar-refractivity contribution in [3.63, 3.8) is 0 Å². The molecule has 33 heavy (non-hydrogen) atoms. The topological polar surface area (TPSA) is 102 Å². The monoisotopic (exact) mass is 451 g/mol. The van der Waals surface area contributed by atoms with E-state index in [9.17, 15) is 20.4 Å². The number of hydrogen-bond acceptors (Lipinski definition) is 6. The summed E-state index contributed by atoms with van der Waals surface area (Å²) in [5, 5.41) is 41.9. The highest BCUT2D eigenvalue weighted by Gasteiger charge is 2.10. The molecule has 0 spiro atoms. The lowest BCUT2D eigenvalue weighted by Crippen LogP contribution is -2.23. The van der Waals surface area contributed by atoms with E-state index in [1.165, 1.54) is 11.6 Å². The zero-order valence-corrected chi connectivity index (χ0v) is 18.8. The number of aromatic hydroxyl groups is 2. The van der Waals surface area contributed by atoms with Crippen LogP contribution in [0.15, 0.2) is 66.7 Å². The van der Waals surface area contributed by atoms with E-state index in [2.05, 4.69) is 5.32 Å². The van der Waals surface area contributed by atoms with Crippen molar-refractivity contribution in [3.8, 4) is 17.2 Å². The first-order chi connectivity index (χ1) is 16.0. The molecule has 1 unspecified atom stereocenters.